The van der Waals surface area contributed by atoms with Crippen LogP contribution in [0.25, 0.3) is 0 Å². The van der Waals surface area contributed by atoms with Crippen LogP contribution in [0.5, 0.6) is 5.75 Å². The summed E-state index contributed by atoms with van der Waals surface area (Å²) >= 11 is 0. The first-order valence-electron chi connectivity index (χ1n) is 10.0. The maximum absolute atomic E-state index is 5.69. The molecule has 0 amide bonds. The van der Waals surface area contributed by atoms with Crippen LogP contribution in [0.4, 0.5) is 0 Å². The average molecular weight is 509 g/mol. The zero-order valence-electron chi connectivity index (χ0n) is 17.3. The molecule has 3 rings (SSSR count). The third-order valence-electron chi connectivity index (χ3n) is 5.05. The van der Waals surface area contributed by atoms with E-state index in [2.05, 4.69) is 54.0 Å². The number of halogens is 1. The SMILES string of the molecule is CCNC(=NCc1cccc(OCCOC)c1)NCC1(c2ccccc2)CC1.I. The molecule has 1 fully saturated rings. The molecule has 29 heavy (non-hydrogen) atoms. The summed E-state index contributed by atoms with van der Waals surface area (Å²) in [6.45, 7) is 5.57. The Labute approximate surface area is 191 Å². The van der Waals surface area contributed by atoms with Crippen LogP contribution in [0.15, 0.2) is 59.6 Å². The zero-order valence-corrected chi connectivity index (χ0v) is 19.6. The van der Waals surface area contributed by atoms with Gasteiger partial charge in [-0.1, -0.05) is 42.5 Å². The van der Waals surface area contributed by atoms with Crippen molar-refractivity contribution < 1.29 is 9.47 Å². The Morgan fingerprint density at radius 1 is 1.03 bits per heavy atom. The van der Waals surface area contributed by atoms with Crippen molar-refractivity contribution in [3.05, 3.63) is 65.7 Å². The van der Waals surface area contributed by atoms with Crippen molar-refractivity contribution in [3.8, 4) is 5.75 Å². The first-order valence-corrected chi connectivity index (χ1v) is 10.0. The Morgan fingerprint density at radius 2 is 1.83 bits per heavy atom. The van der Waals surface area contributed by atoms with E-state index in [1.807, 2.05) is 18.2 Å². The van der Waals surface area contributed by atoms with Crippen molar-refractivity contribution in [2.75, 3.05) is 33.4 Å². The third kappa shape index (κ3) is 7.19. The van der Waals surface area contributed by atoms with Crippen molar-refractivity contribution in [1.29, 1.82) is 0 Å². The number of nitrogens with zero attached hydrogens (tertiary/aromatic N) is 1. The quantitative estimate of drug-likeness (QED) is 0.219. The molecule has 0 aromatic heterocycles. The van der Waals surface area contributed by atoms with Gasteiger partial charge in [-0.3, -0.25) is 0 Å². The summed E-state index contributed by atoms with van der Waals surface area (Å²) < 4.78 is 10.7. The molecule has 0 saturated heterocycles. The summed E-state index contributed by atoms with van der Waals surface area (Å²) in [4.78, 5) is 4.76. The van der Waals surface area contributed by atoms with Gasteiger partial charge in [-0.15, -0.1) is 24.0 Å². The maximum atomic E-state index is 5.69. The molecule has 158 valence electrons. The summed E-state index contributed by atoms with van der Waals surface area (Å²) in [6, 6.07) is 18.8. The number of aliphatic imine (C=N–C) groups is 1. The van der Waals surface area contributed by atoms with E-state index in [0.717, 1.165) is 30.4 Å². The van der Waals surface area contributed by atoms with Crippen LogP contribution in [0.2, 0.25) is 0 Å². The maximum Gasteiger partial charge on any atom is 0.191 e. The number of nitrogens with one attached hydrogen (secondary N) is 2. The summed E-state index contributed by atoms with van der Waals surface area (Å²) in [7, 11) is 1.67. The summed E-state index contributed by atoms with van der Waals surface area (Å²) in [6.07, 6.45) is 2.45. The molecule has 2 aromatic carbocycles. The van der Waals surface area contributed by atoms with Crippen molar-refractivity contribution in [3.63, 3.8) is 0 Å². The monoisotopic (exact) mass is 509 g/mol. The highest BCUT2D eigenvalue weighted by atomic mass is 127. The zero-order chi connectivity index (χ0) is 19.7. The molecule has 1 aliphatic rings. The van der Waals surface area contributed by atoms with Gasteiger partial charge in [0.1, 0.15) is 12.4 Å². The Hall–Kier alpha value is -1.80. The van der Waals surface area contributed by atoms with Crippen LogP contribution in [-0.4, -0.2) is 39.4 Å². The largest absolute Gasteiger partial charge is 0.491 e. The number of rotatable bonds is 10. The molecule has 0 atom stereocenters. The van der Waals surface area contributed by atoms with Gasteiger partial charge in [0.05, 0.1) is 13.2 Å². The predicted octanol–water partition coefficient (Wildman–Crippen LogP) is 4.12. The molecular weight excluding hydrogens is 477 g/mol. The standard InChI is InChI=1S/C23H31N3O2.HI/c1-3-24-22(26-18-23(12-13-23)20-9-5-4-6-10-20)25-17-19-8-7-11-21(16-19)28-15-14-27-2;/h4-11,16H,3,12-15,17-18H2,1-2H3,(H2,24,25,26);1H. The number of guanidine groups is 1. The predicted molar refractivity (Wildman–Crippen MR) is 129 cm³/mol. The third-order valence-corrected chi connectivity index (χ3v) is 5.05. The van der Waals surface area contributed by atoms with E-state index in [4.69, 9.17) is 14.5 Å². The second-order valence-corrected chi connectivity index (χ2v) is 7.18. The van der Waals surface area contributed by atoms with Gasteiger partial charge in [-0.2, -0.15) is 0 Å². The minimum absolute atomic E-state index is 0. The van der Waals surface area contributed by atoms with E-state index in [0.29, 0.717) is 19.8 Å². The Bertz CT molecular complexity index is 764. The molecular formula is C23H32IN3O2. The van der Waals surface area contributed by atoms with Crippen LogP contribution in [0.3, 0.4) is 0 Å². The lowest BCUT2D eigenvalue weighted by Gasteiger charge is -2.19. The highest BCUT2D eigenvalue weighted by Crippen LogP contribution is 2.47. The molecule has 2 N–H and O–H groups in total. The van der Waals surface area contributed by atoms with Gasteiger partial charge in [0.15, 0.2) is 5.96 Å². The molecule has 5 nitrogen and oxygen atoms in total. The number of hydrogen-bond acceptors (Lipinski definition) is 3. The minimum atomic E-state index is 0. The van der Waals surface area contributed by atoms with Crippen LogP contribution in [0.1, 0.15) is 30.9 Å². The first kappa shape index (κ1) is 23.5. The van der Waals surface area contributed by atoms with E-state index >= 15 is 0 Å². The number of ether oxygens (including phenoxy) is 2. The van der Waals surface area contributed by atoms with Gasteiger partial charge < -0.3 is 20.1 Å². The molecule has 0 unspecified atom stereocenters. The fourth-order valence-corrected chi connectivity index (χ4v) is 3.25. The van der Waals surface area contributed by atoms with Gasteiger partial charge in [-0.05, 0) is 43.0 Å². The van der Waals surface area contributed by atoms with E-state index < -0.39 is 0 Å². The summed E-state index contributed by atoms with van der Waals surface area (Å²) in [5.41, 5.74) is 2.79. The van der Waals surface area contributed by atoms with E-state index in [1.54, 1.807) is 7.11 Å². The molecule has 1 saturated carbocycles. The number of methoxy groups -OCH3 is 1. The Kier molecular flexibility index (Phi) is 9.73. The molecule has 0 bridgehead atoms. The highest BCUT2D eigenvalue weighted by molar-refractivity contribution is 14.0. The highest BCUT2D eigenvalue weighted by Gasteiger charge is 2.43. The van der Waals surface area contributed by atoms with Crippen molar-refractivity contribution in [2.45, 2.75) is 31.7 Å². The molecule has 0 heterocycles. The van der Waals surface area contributed by atoms with Crippen LogP contribution < -0.4 is 15.4 Å². The van der Waals surface area contributed by atoms with Gasteiger partial charge in [0.25, 0.3) is 0 Å². The first-order chi connectivity index (χ1) is 13.8. The van der Waals surface area contributed by atoms with Gasteiger partial charge in [0, 0.05) is 25.6 Å². The summed E-state index contributed by atoms with van der Waals surface area (Å²) in [5, 5.41) is 6.89. The van der Waals surface area contributed by atoms with Gasteiger partial charge in [-0.25, -0.2) is 4.99 Å². The fourth-order valence-electron chi connectivity index (χ4n) is 3.25. The van der Waals surface area contributed by atoms with Crippen molar-refractivity contribution in [2.24, 2.45) is 4.99 Å². The van der Waals surface area contributed by atoms with Crippen LogP contribution in [0, 0.1) is 0 Å². The van der Waals surface area contributed by atoms with Gasteiger partial charge >= 0.3 is 0 Å². The molecule has 0 spiro atoms. The molecule has 0 radical (unpaired) electrons. The second kappa shape index (κ2) is 12.0. The minimum Gasteiger partial charge on any atom is -0.491 e. The average Bonchev–Trinajstić information content (AvgIpc) is 3.53. The second-order valence-electron chi connectivity index (χ2n) is 7.18. The van der Waals surface area contributed by atoms with Crippen molar-refractivity contribution in [1.82, 2.24) is 10.6 Å². The Morgan fingerprint density at radius 3 is 2.52 bits per heavy atom. The lowest BCUT2D eigenvalue weighted by atomic mass is 9.96. The normalized spacial score (nSPS) is 14.6. The lowest BCUT2D eigenvalue weighted by Crippen LogP contribution is -2.41. The van der Waals surface area contributed by atoms with Crippen LogP contribution >= 0.6 is 24.0 Å². The van der Waals surface area contributed by atoms with Crippen molar-refractivity contribution >= 4 is 29.9 Å². The lowest BCUT2D eigenvalue weighted by molar-refractivity contribution is 0.146. The Balaban J connectivity index is 0.00000300. The molecule has 2 aromatic rings. The smallest absolute Gasteiger partial charge is 0.191 e. The number of hydrogen-bond donors (Lipinski definition) is 2. The van der Waals surface area contributed by atoms with E-state index in [1.165, 1.54) is 18.4 Å². The van der Waals surface area contributed by atoms with Crippen LogP contribution in [-0.2, 0) is 16.7 Å². The van der Waals surface area contributed by atoms with Gasteiger partial charge in [0.2, 0.25) is 0 Å². The molecule has 0 aliphatic heterocycles. The molecule has 6 heteroatoms. The van der Waals surface area contributed by atoms with E-state index in [-0.39, 0.29) is 29.4 Å². The topological polar surface area (TPSA) is 54.9 Å². The van der Waals surface area contributed by atoms with E-state index in [9.17, 15) is 0 Å². The molecule has 1 aliphatic carbocycles. The number of benzene rings is 2. The summed E-state index contributed by atoms with van der Waals surface area (Å²) in [5.74, 6) is 1.71. The fraction of sp³-hybridized carbons (Fsp3) is 0.435.